The molecule has 1 aliphatic heterocycles. The van der Waals surface area contributed by atoms with Crippen molar-refractivity contribution in [3.05, 3.63) is 48.2 Å². The summed E-state index contributed by atoms with van der Waals surface area (Å²) in [4.78, 5) is 6.68. The molecule has 0 aliphatic carbocycles. The molecule has 0 unspecified atom stereocenters. The van der Waals surface area contributed by atoms with Crippen LogP contribution < -0.4 is 14.4 Å². The van der Waals surface area contributed by atoms with Gasteiger partial charge in [-0.15, -0.1) is 0 Å². The summed E-state index contributed by atoms with van der Waals surface area (Å²) in [6, 6.07) is 11.8. The van der Waals surface area contributed by atoms with E-state index >= 15 is 0 Å². The highest BCUT2D eigenvalue weighted by Crippen LogP contribution is 2.26. The van der Waals surface area contributed by atoms with Crippen molar-refractivity contribution in [3.8, 4) is 11.5 Å². The van der Waals surface area contributed by atoms with Crippen molar-refractivity contribution >= 4 is 12.0 Å². The van der Waals surface area contributed by atoms with Gasteiger partial charge in [-0.2, -0.15) is 5.10 Å². The summed E-state index contributed by atoms with van der Waals surface area (Å²) < 4.78 is 10.6. The second-order valence-corrected chi connectivity index (χ2v) is 5.49. The van der Waals surface area contributed by atoms with E-state index in [1.807, 2.05) is 48.8 Å². The quantitative estimate of drug-likeness (QED) is 0.789. The Morgan fingerprint density at radius 3 is 2.46 bits per heavy atom. The zero-order valence-corrected chi connectivity index (χ0v) is 14.1. The van der Waals surface area contributed by atoms with Gasteiger partial charge >= 0.3 is 0 Å². The van der Waals surface area contributed by atoms with Crippen LogP contribution in [0.4, 0.5) is 5.82 Å². The Bertz CT molecular complexity index is 683. The summed E-state index contributed by atoms with van der Waals surface area (Å²) in [7, 11) is 3.27. The molecule has 1 fully saturated rings. The molecular formula is C18H22N4O2. The fourth-order valence-corrected chi connectivity index (χ4v) is 2.66. The van der Waals surface area contributed by atoms with Gasteiger partial charge in [0.05, 0.1) is 33.5 Å². The highest BCUT2D eigenvalue weighted by molar-refractivity contribution is 5.80. The Balaban J connectivity index is 1.59. The van der Waals surface area contributed by atoms with Gasteiger partial charge in [0, 0.05) is 19.3 Å². The highest BCUT2D eigenvalue weighted by atomic mass is 16.5. The molecule has 0 amide bonds. The van der Waals surface area contributed by atoms with Gasteiger partial charge in [0.2, 0.25) is 0 Å². The lowest BCUT2D eigenvalue weighted by molar-refractivity contribution is 0.271. The first-order valence-corrected chi connectivity index (χ1v) is 7.97. The SMILES string of the molecule is COc1ccc(C=NN2CCN(c3ccccn3)CC2)cc1OC. The van der Waals surface area contributed by atoms with Crippen molar-refractivity contribution in [2.24, 2.45) is 5.10 Å². The number of hydrogen-bond acceptors (Lipinski definition) is 6. The highest BCUT2D eigenvalue weighted by Gasteiger charge is 2.16. The molecule has 2 heterocycles. The molecule has 6 nitrogen and oxygen atoms in total. The van der Waals surface area contributed by atoms with E-state index < -0.39 is 0 Å². The minimum Gasteiger partial charge on any atom is -0.493 e. The Labute approximate surface area is 142 Å². The summed E-state index contributed by atoms with van der Waals surface area (Å²) in [6.45, 7) is 3.58. The number of methoxy groups -OCH3 is 2. The number of anilines is 1. The third-order valence-corrected chi connectivity index (χ3v) is 4.01. The van der Waals surface area contributed by atoms with Crippen LogP contribution in [0.5, 0.6) is 11.5 Å². The molecule has 0 saturated carbocycles. The van der Waals surface area contributed by atoms with Gasteiger partial charge in [0.1, 0.15) is 5.82 Å². The van der Waals surface area contributed by atoms with Crippen LogP contribution in [0.25, 0.3) is 0 Å². The molecule has 1 saturated heterocycles. The maximum atomic E-state index is 5.32. The van der Waals surface area contributed by atoms with Crippen LogP contribution in [0, 0.1) is 0 Å². The predicted molar refractivity (Wildman–Crippen MR) is 95.2 cm³/mol. The molecule has 1 aromatic carbocycles. The largest absolute Gasteiger partial charge is 0.493 e. The third-order valence-electron chi connectivity index (χ3n) is 4.01. The Morgan fingerprint density at radius 1 is 1.00 bits per heavy atom. The fourth-order valence-electron chi connectivity index (χ4n) is 2.66. The lowest BCUT2D eigenvalue weighted by Crippen LogP contribution is -2.44. The van der Waals surface area contributed by atoms with Crippen LogP contribution >= 0.6 is 0 Å². The van der Waals surface area contributed by atoms with Gasteiger partial charge in [-0.05, 0) is 35.9 Å². The van der Waals surface area contributed by atoms with E-state index in [1.165, 1.54) is 0 Å². The number of hydrazone groups is 1. The molecule has 0 radical (unpaired) electrons. The number of pyridine rings is 1. The summed E-state index contributed by atoms with van der Waals surface area (Å²) in [5.41, 5.74) is 0.986. The molecule has 0 bridgehead atoms. The van der Waals surface area contributed by atoms with Crippen LogP contribution in [0.3, 0.4) is 0 Å². The van der Waals surface area contributed by atoms with Crippen molar-refractivity contribution in [3.63, 3.8) is 0 Å². The predicted octanol–water partition coefficient (Wildman–Crippen LogP) is 2.25. The van der Waals surface area contributed by atoms with Crippen LogP contribution in [0.2, 0.25) is 0 Å². The van der Waals surface area contributed by atoms with E-state index in [2.05, 4.69) is 20.0 Å². The number of ether oxygens (including phenoxy) is 2. The maximum Gasteiger partial charge on any atom is 0.161 e. The molecule has 0 atom stereocenters. The molecule has 0 spiro atoms. The Kier molecular flexibility index (Phi) is 5.15. The van der Waals surface area contributed by atoms with Gasteiger partial charge in [-0.3, -0.25) is 5.01 Å². The van der Waals surface area contributed by atoms with Crippen molar-refractivity contribution in [1.29, 1.82) is 0 Å². The van der Waals surface area contributed by atoms with Crippen molar-refractivity contribution < 1.29 is 9.47 Å². The molecule has 126 valence electrons. The summed E-state index contributed by atoms with van der Waals surface area (Å²) >= 11 is 0. The number of aromatic nitrogens is 1. The topological polar surface area (TPSA) is 50.2 Å². The van der Waals surface area contributed by atoms with E-state index in [4.69, 9.17) is 9.47 Å². The molecule has 6 heteroatoms. The lowest BCUT2D eigenvalue weighted by atomic mass is 10.2. The molecule has 24 heavy (non-hydrogen) atoms. The second kappa shape index (κ2) is 7.68. The summed E-state index contributed by atoms with van der Waals surface area (Å²) in [6.07, 6.45) is 3.69. The van der Waals surface area contributed by atoms with Crippen molar-refractivity contribution in [1.82, 2.24) is 9.99 Å². The molecule has 1 aliphatic rings. The lowest BCUT2D eigenvalue weighted by Gasteiger charge is -2.33. The first kappa shape index (κ1) is 16.1. The minimum absolute atomic E-state index is 0.710. The number of nitrogens with zero attached hydrogens (tertiary/aromatic N) is 4. The minimum atomic E-state index is 0.710. The monoisotopic (exact) mass is 326 g/mol. The van der Waals surface area contributed by atoms with E-state index in [9.17, 15) is 0 Å². The number of piperazine rings is 1. The average molecular weight is 326 g/mol. The van der Waals surface area contributed by atoms with E-state index in [0.29, 0.717) is 5.75 Å². The fraction of sp³-hybridized carbons (Fsp3) is 0.333. The zero-order chi connectivity index (χ0) is 16.8. The van der Waals surface area contributed by atoms with Gasteiger partial charge < -0.3 is 14.4 Å². The van der Waals surface area contributed by atoms with Gasteiger partial charge in [-0.25, -0.2) is 4.98 Å². The average Bonchev–Trinajstić information content (AvgIpc) is 2.67. The first-order valence-electron chi connectivity index (χ1n) is 7.97. The summed E-state index contributed by atoms with van der Waals surface area (Å²) in [5, 5.41) is 6.66. The standard InChI is InChI=1S/C18H22N4O2/c1-23-16-7-6-15(13-17(16)24-2)14-20-22-11-9-21(10-12-22)18-5-3-4-8-19-18/h3-8,13-14H,9-12H2,1-2H3. The normalized spacial score (nSPS) is 14.9. The first-order chi connectivity index (χ1) is 11.8. The van der Waals surface area contributed by atoms with Crippen LogP contribution in [0.1, 0.15) is 5.56 Å². The van der Waals surface area contributed by atoms with Crippen LogP contribution in [-0.4, -0.2) is 56.6 Å². The van der Waals surface area contributed by atoms with Crippen molar-refractivity contribution in [2.75, 3.05) is 45.3 Å². The van der Waals surface area contributed by atoms with Gasteiger partial charge in [0.15, 0.2) is 11.5 Å². The third kappa shape index (κ3) is 3.76. The van der Waals surface area contributed by atoms with E-state index in [1.54, 1.807) is 14.2 Å². The van der Waals surface area contributed by atoms with Crippen LogP contribution in [0.15, 0.2) is 47.7 Å². The van der Waals surface area contributed by atoms with E-state index in [-0.39, 0.29) is 0 Å². The zero-order valence-electron chi connectivity index (χ0n) is 14.1. The Morgan fingerprint density at radius 2 is 1.79 bits per heavy atom. The molecular weight excluding hydrogens is 304 g/mol. The number of rotatable bonds is 5. The van der Waals surface area contributed by atoms with Crippen molar-refractivity contribution in [2.45, 2.75) is 0 Å². The maximum absolute atomic E-state index is 5.32. The summed E-state index contributed by atoms with van der Waals surface area (Å²) in [5.74, 6) is 2.46. The smallest absolute Gasteiger partial charge is 0.161 e. The second-order valence-electron chi connectivity index (χ2n) is 5.49. The van der Waals surface area contributed by atoms with Gasteiger partial charge in [0.25, 0.3) is 0 Å². The Hall–Kier alpha value is -2.76. The molecule has 2 aromatic rings. The van der Waals surface area contributed by atoms with Gasteiger partial charge in [-0.1, -0.05) is 6.07 Å². The molecule has 1 aromatic heterocycles. The van der Waals surface area contributed by atoms with E-state index in [0.717, 1.165) is 43.3 Å². The molecule has 0 N–H and O–H groups in total. The number of benzene rings is 1. The molecule has 3 rings (SSSR count). The number of hydrogen-bond donors (Lipinski definition) is 0. The van der Waals surface area contributed by atoms with Crippen LogP contribution in [-0.2, 0) is 0 Å².